The highest BCUT2D eigenvalue weighted by Crippen LogP contribution is 2.25. The van der Waals surface area contributed by atoms with E-state index >= 15 is 0 Å². The van der Waals surface area contributed by atoms with Crippen molar-refractivity contribution in [3.8, 4) is 0 Å². The van der Waals surface area contributed by atoms with Crippen LogP contribution in [0.3, 0.4) is 0 Å². The summed E-state index contributed by atoms with van der Waals surface area (Å²) in [6, 6.07) is 11.2. The van der Waals surface area contributed by atoms with E-state index in [1.54, 1.807) is 36.3 Å². The second-order valence-electron chi connectivity index (χ2n) is 8.17. The van der Waals surface area contributed by atoms with E-state index in [0.717, 1.165) is 5.56 Å². The smallest absolute Gasteiger partial charge is 0.338 e. The number of piperidine rings is 1. The predicted molar refractivity (Wildman–Crippen MR) is 128 cm³/mol. The molecule has 1 fully saturated rings. The predicted octanol–water partition coefficient (Wildman–Crippen LogP) is 2.54. The lowest BCUT2D eigenvalue weighted by Crippen LogP contribution is -2.41. The first-order valence-corrected chi connectivity index (χ1v) is 12.8. The quantitative estimate of drug-likeness (QED) is 0.474. The molecule has 0 saturated carbocycles. The van der Waals surface area contributed by atoms with Crippen LogP contribution in [0.15, 0.2) is 66.0 Å². The van der Waals surface area contributed by atoms with Gasteiger partial charge in [-0.05, 0) is 61.7 Å². The maximum atomic E-state index is 13.0. The summed E-state index contributed by atoms with van der Waals surface area (Å²) in [7, 11) is -3.72. The van der Waals surface area contributed by atoms with Crippen LogP contribution in [-0.4, -0.2) is 59.1 Å². The summed E-state index contributed by atoms with van der Waals surface area (Å²) in [6.07, 6.45) is 6.03. The fraction of sp³-hybridized carbons (Fsp3) is 0.333. The average molecular weight is 498 g/mol. The number of nitrogens with one attached hydrogen (secondary N) is 1. The molecule has 35 heavy (non-hydrogen) atoms. The molecule has 1 saturated heterocycles. The lowest BCUT2D eigenvalue weighted by Gasteiger charge is -2.30. The number of benzene rings is 1. The Labute approximate surface area is 204 Å². The number of amides is 1. The van der Waals surface area contributed by atoms with E-state index in [4.69, 9.17) is 4.74 Å². The first-order chi connectivity index (χ1) is 16.9. The number of ether oxygens (including phenoxy) is 1. The molecule has 184 valence electrons. The van der Waals surface area contributed by atoms with Gasteiger partial charge in [-0.1, -0.05) is 0 Å². The van der Waals surface area contributed by atoms with Crippen molar-refractivity contribution in [2.75, 3.05) is 25.0 Å². The van der Waals surface area contributed by atoms with Gasteiger partial charge in [0.15, 0.2) is 5.82 Å². The summed E-state index contributed by atoms with van der Waals surface area (Å²) in [6.45, 7) is 2.98. The van der Waals surface area contributed by atoms with Crippen LogP contribution in [-0.2, 0) is 26.1 Å². The number of anilines is 1. The van der Waals surface area contributed by atoms with Crippen LogP contribution < -0.4 is 5.32 Å². The third-order valence-electron chi connectivity index (χ3n) is 5.81. The molecule has 2 aromatic heterocycles. The molecule has 3 aromatic rings. The Kier molecular flexibility index (Phi) is 7.57. The largest absolute Gasteiger partial charge is 0.462 e. The van der Waals surface area contributed by atoms with E-state index in [9.17, 15) is 18.0 Å². The van der Waals surface area contributed by atoms with E-state index in [0.29, 0.717) is 30.8 Å². The van der Waals surface area contributed by atoms with Crippen LogP contribution in [0.1, 0.15) is 35.7 Å². The second-order valence-corrected chi connectivity index (χ2v) is 10.1. The lowest BCUT2D eigenvalue weighted by molar-refractivity contribution is -0.120. The van der Waals surface area contributed by atoms with Crippen molar-refractivity contribution < 1.29 is 22.7 Å². The SMILES string of the molecule is CCOC(=O)c1ccc(S(=O)(=O)N2CCC(C(=O)Nc3ccn(Cc4ccncc4)n3)CC2)cc1. The van der Waals surface area contributed by atoms with E-state index in [-0.39, 0.29) is 36.4 Å². The molecule has 3 heterocycles. The Hall–Kier alpha value is -3.57. The van der Waals surface area contributed by atoms with Gasteiger partial charge in [0.2, 0.25) is 15.9 Å². The first kappa shape index (κ1) is 24.6. The Balaban J connectivity index is 1.31. The third-order valence-corrected chi connectivity index (χ3v) is 7.73. The molecule has 0 bridgehead atoms. The minimum absolute atomic E-state index is 0.105. The van der Waals surface area contributed by atoms with Gasteiger partial charge < -0.3 is 10.1 Å². The number of hydrogen-bond acceptors (Lipinski definition) is 7. The van der Waals surface area contributed by atoms with E-state index in [1.807, 2.05) is 12.1 Å². The monoisotopic (exact) mass is 497 g/mol. The molecule has 1 aromatic carbocycles. The topological polar surface area (TPSA) is 123 Å². The van der Waals surface area contributed by atoms with Gasteiger partial charge in [-0.3, -0.25) is 14.5 Å². The number of carbonyl (C=O) groups excluding carboxylic acids is 2. The zero-order valence-corrected chi connectivity index (χ0v) is 20.1. The zero-order chi connectivity index (χ0) is 24.8. The van der Waals surface area contributed by atoms with Crippen molar-refractivity contribution >= 4 is 27.7 Å². The van der Waals surface area contributed by atoms with Gasteiger partial charge in [-0.25, -0.2) is 13.2 Å². The maximum Gasteiger partial charge on any atom is 0.338 e. The number of esters is 1. The van der Waals surface area contributed by atoms with Crippen molar-refractivity contribution in [1.82, 2.24) is 19.1 Å². The molecule has 0 unspecified atom stereocenters. The fourth-order valence-corrected chi connectivity index (χ4v) is 5.37. The molecule has 0 atom stereocenters. The summed E-state index contributed by atoms with van der Waals surface area (Å²) in [5.74, 6) is -0.515. The summed E-state index contributed by atoms with van der Waals surface area (Å²) >= 11 is 0. The second kappa shape index (κ2) is 10.8. The lowest BCUT2D eigenvalue weighted by atomic mass is 9.97. The minimum Gasteiger partial charge on any atom is -0.462 e. The number of carbonyl (C=O) groups is 2. The van der Waals surface area contributed by atoms with E-state index in [1.165, 1.54) is 28.6 Å². The molecule has 11 heteroatoms. The van der Waals surface area contributed by atoms with E-state index < -0.39 is 16.0 Å². The molecule has 10 nitrogen and oxygen atoms in total. The van der Waals surface area contributed by atoms with Gasteiger partial charge in [-0.15, -0.1) is 0 Å². The number of nitrogens with zero attached hydrogens (tertiary/aromatic N) is 4. The zero-order valence-electron chi connectivity index (χ0n) is 19.3. The van der Waals surface area contributed by atoms with E-state index in [2.05, 4.69) is 15.4 Å². The molecule has 1 N–H and O–H groups in total. The van der Waals surface area contributed by atoms with Gasteiger partial charge >= 0.3 is 5.97 Å². The Morgan fingerprint density at radius 2 is 1.74 bits per heavy atom. The normalized spacial score (nSPS) is 15.0. The molecule has 1 aliphatic heterocycles. The van der Waals surface area contributed by atoms with Gasteiger partial charge in [-0.2, -0.15) is 9.40 Å². The number of pyridine rings is 1. The molecule has 0 radical (unpaired) electrons. The minimum atomic E-state index is -3.72. The molecule has 0 spiro atoms. The van der Waals surface area contributed by atoms with Crippen LogP contribution in [0, 0.1) is 5.92 Å². The number of aromatic nitrogens is 3. The van der Waals surface area contributed by atoms with Gasteiger partial charge in [0.1, 0.15) is 0 Å². The molecule has 1 aliphatic rings. The van der Waals surface area contributed by atoms with Crippen molar-refractivity contribution in [3.63, 3.8) is 0 Å². The number of hydrogen-bond donors (Lipinski definition) is 1. The molecule has 0 aliphatic carbocycles. The number of rotatable bonds is 8. The number of sulfonamides is 1. The van der Waals surface area contributed by atoms with Crippen LogP contribution in [0.25, 0.3) is 0 Å². The summed E-state index contributed by atoms with van der Waals surface area (Å²) < 4.78 is 34.0. The molecular weight excluding hydrogens is 470 g/mol. The highest BCUT2D eigenvalue weighted by Gasteiger charge is 2.32. The third kappa shape index (κ3) is 5.92. The Bertz CT molecular complexity index is 1270. The fourth-order valence-electron chi connectivity index (χ4n) is 3.90. The van der Waals surface area contributed by atoms with Gasteiger partial charge in [0, 0.05) is 43.7 Å². The van der Waals surface area contributed by atoms with Crippen molar-refractivity contribution in [2.45, 2.75) is 31.2 Å². The van der Waals surface area contributed by atoms with Gasteiger partial charge in [0.25, 0.3) is 0 Å². The Morgan fingerprint density at radius 1 is 1.06 bits per heavy atom. The van der Waals surface area contributed by atoms with Crippen LogP contribution in [0.2, 0.25) is 0 Å². The van der Waals surface area contributed by atoms with Crippen molar-refractivity contribution in [2.24, 2.45) is 5.92 Å². The van der Waals surface area contributed by atoms with Crippen molar-refractivity contribution in [3.05, 3.63) is 72.2 Å². The van der Waals surface area contributed by atoms with Crippen LogP contribution >= 0.6 is 0 Å². The first-order valence-electron chi connectivity index (χ1n) is 11.4. The highest BCUT2D eigenvalue weighted by molar-refractivity contribution is 7.89. The Morgan fingerprint density at radius 3 is 2.40 bits per heavy atom. The van der Waals surface area contributed by atoms with Gasteiger partial charge in [0.05, 0.1) is 23.6 Å². The molecular formula is C24H27N5O5S. The van der Waals surface area contributed by atoms with Crippen molar-refractivity contribution in [1.29, 1.82) is 0 Å². The summed E-state index contributed by atoms with van der Waals surface area (Å²) in [4.78, 5) is 28.6. The molecule has 4 rings (SSSR count). The highest BCUT2D eigenvalue weighted by atomic mass is 32.2. The summed E-state index contributed by atoms with van der Waals surface area (Å²) in [5.41, 5.74) is 1.34. The average Bonchev–Trinajstić information content (AvgIpc) is 3.31. The standard InChI is InChI=1S/C24H27N5O5S/c1-2-34-24(31)20-3-5-21(6-4-20)35(32,33)29-15-9-19(10-16-29)23(30)26-22-11-14-28(27-22)17-18-7-12-25-13-8-18/h3-8,11-14,19H,2,9-10,15-17H2,1H3,(H,26,27,30). The van der Waals surface area contributed by atoms with Crippen LogP contribution in [0.4, 0.5) is 5.82 Å². The van der Waals surface area contributed by atoms with Crippen LogP contribution in [0.5, 0.6) is 0 Å². The summed E-state index contributed by atoms with van der Waals surface area (Å²) in [5, 5.41) is 7.23. The maximum absolute atomic E-state index is 13.0. The molecule has 1 amide bonds.